The van der Waals surface area contributed by atoms with Crippen LogP contribution in [0.3, 0.4) is 0 Å². The number of nitrogens with one attached hydrogen (secondary N) is 1. The van der Waals surface area contributed by atoms with Gasteiger partial charge in [-0.25, -0.2) is 4.79 Å². The molecule has 1 aromatic carbocycles. The fraction of sp³-hybridized carbons (Fsp3) is 0.632. The number of carbonyl (C=O) groups excluding carboxylic acids is 1. The highest BCUT2D eigenvalue weighted by Crippen LogP contribution is 2.22. The number of amides is 1. The summed E-state index contributed by atoms with van der Waals surface area (Å²) in [5.41, 5.74) is 1.04. The summed E-state index contributed by atoms with van der Waals surface area (Å²) in [6, 6.07) is 10.6. The maximum atomic E-state index is 12.0. The Kier molecular flexibility index (Phi) is 7.40. The minimum atomic E-state index is -0.174. The van der Waals surface area contributed by atoms with E-state index in [0.29, 0.717) is 12.5 Å². The molecule has 1 N–H and O–H groups in total. The van der Waals surface area contributed by atoms with E-state index >= 15 is 0 Å². The third-order valence-electron chi connectivity index (χ3n) is 4.35. The van der Waals surface area contributed by atoms with Gasteiger partial charge in [0.25, 0.3) is 0 Å². The number of hydrogen-bond acceptors (Lipinski definition) is 3. The predicted molar refractivity (Wildman–Crippen MR) is 93.3 cm³/mol. The van der Waals surface area contributed by atoms with Gasteiger partial charge in [-0.1, -0.05) is 44.2 Å². The molecule has 0 aromatic heterocycles. The molecule has 1 heterocycles. The van der Waals surface area contributed by atoms with E-state index in [9.17, 15) is 4.79 Å². The van der Waals surface area contributed by atoms with Crippen molar-refractivity contribution in [1.29, 1.82) is 0 Å². The molecule has 23 heavy (non-hydrogen) atoms. The molecule has 1 saturated carbocycles. The number of benzene rings is 1. The highest BCUT2D eigenvalue weighted by atomic mass is 16.6. The smallest absolute Gasteiger partial charge is 0.410 e. The lowest BCUT2D eigenvalue weighted by atomic mass is 9.97. The van der Waals surface area contributed by atoms with Gasteiger partial charge in [-0.3, -0.25) is 0 Å². The van der Waals surface area contributed by atoms with Crippen molar-refractivity contribution in [1.82, 2.24) is 10.2 Å². The average Bonchev–Trinajstić information content (AvgIpc) is 3.45. The van der Waals surface area contributed by atoms with Crippen molar-refractivity contribution in [2.75, 3.05) is 19.6 Å². The van der Waals surface area contributed by atoms with E-state index in [2.05, 4.69) is 5.32 Å². The molecule has 4 heteroatoms. The standard InChI is InChI=1S/C17H24N2O2.C2H6/c20-17(21-13-15-4-2-1-3-5-15)19-10-8-14(9-11-19)12-18-16-6-7-16;1-2/h1-5,14,16,18H,6-13H2;1-2H3. The average molecular weight is 318 g/mol. The normalized spacial score (nSPS) is 18.1. The number of nitrogens with zero attached hydrogens (tertiary/aromatic N) is 1. The monoisotopic (exact) mass is 318 g/mol. The van der Waals surface area contributed by atoms with E-state index in [1.165, 1.54) is 12.8 Å². The van der Waals surface area contributed by atoms with Gasteiger partial charge in [0.05, 0.1) is 0 Å². The summed E-state index contributed by atoms with van der Waals surface area (Å²) in [5, 5.41) is 3.58. The van der Waals surface area contributed by atoms with Gasteiger partial charge in [0.15, 0.2) is 0 Å². The van der Waals surface area contributed by atoms with Gasteiger partial charge >= 0.3 is 6.09 Å². The maximum Gasteiger partial charge on any atom is 0.410 e. The van der Waals surface area contributed by atoms with Crippen LogP contribution in [0.5, 0.6) is 0 Å². The SMILES string of the molecule is CC.O=C(OCc1ccccc1)N1CCC(CNC2CC2)CC1. The summed E-state index contributed by atoms with van der Waals surface area (Å²) in [6.07, 6.45) is 4.67. The molecule has 1 aromatic rings. The summed E-state index contributed by atoms with van der Waals surface area (Å²) >= 11 is 0. The lowest BCUT2D eigenvalue weighted by Crippen LogP contribution is -2.41. The number of likely N-dealkylation sites (tertiary alicyclic amines) is 1. The molecule has 2 fully saturated rings. The zero-order valence-electron chi connectivity index (χ0n) is 14.5. The molecule has 0 atom stereocenters. The highest BCUT2D eigenvalue weighted by molar-refractivity contribution is 5.67. The Labute approximate surface area is 140 Å². The molecule has 1 saturated heterocycles. The van der Waals surface area contributed by atoms with Gasteiger partial charge in [0.1, 0.15) is 6.61 Å². The van der Waals surface area contributed by atoms with Crippen LogP contribution in [0.4, 0.5) is 4.79 Å². The lowest BCUT2D eigenvalue weighted by Gasteiger charge is -2.31. The van der Waals surface area contributed by atoms with Crippen molar-refractivity contribution in [3.8, 4) is 0 Å². The maximum absolute atomic E-state index is 12.0. The zero-order valence-corrected chi connectivity index (χ0v) is 14.5. The van der Waals surface area contributed by atoms with Gasteiger partial charge < -0.3 is 15.0 Å². The number of hydrogen-bond donors (Lipinski definition) is 1. The van der Waals surface area contributed by atoms with Crippen molar-refractivity contribution in [3.05, 3.63) is 35.9 Å². The van der Waals surface area contributed by atoms with Gasteiger partial charge in [-0.2, -0.15) is 0 Å². The molecule has 4 nitrogen and oxygen atoms in total. The summed E-state index contributed by atoms with van der Waals surface area (Å²) in [4.78, 5) is 13.9. The molecular weight excluding hydrogens is 288 g/mol. The van der Waals surface area contributed by atoms with Crippen LogP contribution in [0.25, 0.3) is 0 Å². The first-order chi connectivity index (χ1) is 11.3. The Morgan fingerprint density at radius 2 is 1.78 bits per heavy atom. The van der Waals surface area contributed by atoms with Crippen molar-refractivity contribution >= 4 is 6.09 Å². The van der Waals surface area contributed by atoms with E-state index in [4.69, 9.17) is 4.74 Å². The topological polar surface area (TPSA) is 41.6 Å². The van der Waals surface area contributed by atoms with Crippen LogP contribution in [0.2, 0.25) is 0 Å². The first kappa shape index (κ1) is 17.8. The molecule has 1 aliphatic heterocycles. The van der Waals surface area contributed by atoms with Crippen LogP contribution in [0.1, 0.15) is 45.1 Å². The Morgan fingerprint density at radius 3 is 2.39 bits per heavy atom. The molecule has 128 valence electrons. The van der Waals surface area contributed by atoms with Crippen LogP contribution >= 0.6 is 0 Å². The van der Waals surface area contributed by atoms with Crippen molar-refractivity contribution in [3.63, 3.8) is 0 Å². The number of ether oxygens (including phenoxy) is 1. The van der Waals surface area contributed by atoms with Gasteiger partial charge in [0.2, 0.25) is 0 Å². The molecule has 1 aliphatic carbocycles. The van der Waals surface area contributed by atoms with Gasteiger partial charge in [-0.05, 0) is 43.7 Å². The fourth-order valence-corrected chi connectivity index (χ4v) is 2.75. The first-order valence-electron chi connectivity index (χ1n) is 9.00. The molecule has 0 radical (unpaired) electrons. The Hall–Kier alpha value is -1.55. The second-order valence-electron chi connectivity index (χ2n) is 6.15. The van der Waals surface area contributed by atoms with Crippen molar-refractivity contribution in [2.45, 2.75) is 52.2 Å². The Balaban J connectivity index is 0.000000924. The summed E-state index contributed by atoms with van der Waals surface area (Å²) in [7, 11) is 0. The van der Waals surface area contributed by atoms with E-state index < -0.39 is 0 Å². The molecule has 3 rings (SSSR count). The second-order valence-corrected chi connectivity index (χ2v) is 6.15. The third kappa shape index (κ3) is 6.22. The van der Waals surface area contributed by atoms with Crippen LogP contribution in [-0.2, 0) is 11.3 Å². The zero-order chi connectivity index (χ0) is 16.5. The fourth-order valence-electron chi connectivity index (χ4n) is 2.75. The molecule has 1 amide bonds. The Bertz CT molecular complexity index is 452. The molecule has 2 aliphatic rings. The van der Waals surface area contributed by atoms with Crippen LogP contribution in [-0.4, -0.2) is 36.7 Å². The van der Waals surface area contributed by atoms with E-state index in [-0.39, 0.29) is 6.09 Å². The van der Waals surface area contributed by atoms with Gasteiger partial charge in [-0.15, -0.1) is 0 Å². The quantitative estimate of drug-likeness (QED) is 0.897. The summed E-state index contributed by atoms with van der Waals surface area (Å²) < 4.78 is 5.38. The molecule has 0 spiro atoms. The number of carbonyl (C=O) groups is 1. The predicted octanol–water partition coefficient (Wildman–Crippen LogP) is 3.81. The largest absolute Gasteiger partial charge is 0.445 e. The van der Waals surface area contributed by atoms with Gasteiger partial charge in [0, 0.05) is 19.1 Å². The van der Waals surface area contributed by atoms with Crippen LogP contribution < -0.4 is 5.32 Å². The number of piperidine rings is 1. The minimum Gasteiger partial charge on any atom is -0.445 e. The third-order valence-corrected chi connectivity index (χ3v) is 4.35. The summed E-state index contributed by atoms with van der Waals surface area (Å²) in [5.74, 6) is 0.712. The minimum absolute atomic E-state index is 0.174. The van der Waals surface area contributed by atoms with E-state index in [1.54, 1.807) is 0 Å². The van der Waals surface area contributed by atoms with E-state index in [0.717, 1.165) is 44.1 Å². The summed E-state index contributed by atoms with van der Waals surface area (Å²) in [6.45, 7) is 7.12. The molecular formula is C19H30N2O2. The first-order valence-corrected chi connectivity index (χ1v) is 9.00. The van der Waals surface area contributed by atoms with Crippen LogP contribution in [0.15, 0.2) is 30.3 Å². The van der Waals surface area contributed by atoms with E-state index in [1.807, 2.05) is 49.1 Å². The second kappa shape index (κ2) is 9.56. The highest BCUT2D eigenvalue weighted by Gasteiger charge is 2.26. The van der Waals surface area contributed by atoms with Crippen LogP contribution in [0, 0.1) is 5.92 Å². The lowest BCUT2D eigenvalue weighted by molar-refractivity contribution is 0.0822. The Morgan fingerprint density at radius 1 is 1.13 bits per heavy atom. The van der Waals surface area contributed by atoms with Crippen molar-refractivity contribution in [2.24, 2.45) is 5.92 Å². The molecule has 0 unspecified atom stereocenters. The molecule has 0 bridgehead atoms. The number of rotatable bonds is 5. The van der Waals surface area contributed by atoms with Crippen molar-refractivity contribution < 1.29 is 9.53 Å².